The second-order valence-electron chi connectivity index (χ2n) is 3.28. The molecule has 0 fully saturated rings. The second kappa shape index (κ2) is 4.86. The Kier molecular flexibility index (Phi) is 3.77. The molecule has 78 valence electrons. The monoisotopic (exact) mass is 195 g/mol. The van der Waals surface area contributed by atoms with Gasteiger partial charge in [0.25, 0.3) is 0 Å². The minimum absolute atomic E-state index is 0.319. The molecule has 0 bridgehead atoms. The van der Waals surface area contributed by atoms with E-state index in [-0.39, 0.29) is 0 Å². The first kappa shape index (κ1) is 10.9. The van der Waals surface area contributed by atoms with Gasteiger partial charge >= 0.3 is 0 Å². The molecule has 0 aliphatic rings. The van der Waals surface area contributed by atoms with Gasteiger partial charge in [0.1, 0.15) is 11.5 Å². The van der Waals surface area contributed by atoms with Crippen LogP contribution in [0.15, 0.2) is 18.2 Å². The minimum Gasteiger partial charge on any atom is -0.497 e. The summed E-state index contributed by atoms with van der Waals surface area (Å²) < 4.78 is 10.3. The first-order chi connectivity index (χ1) is 6.71. The lowest BCUT2D eigenvalue weighted by Crippen LogP contribution is -2.09. The molecule has 0 aromatic heterocycles. The van der Waals surface area contributed by atoms with Gasteiger partial charge in [-0.05, 0) is 30.2 Å². The van der Waals surface area contributed by atoms with Crippen LogP contribution in [0.1, 0.15) is 18.4 Å². The van der Waals surface area contributed by atoms with Gasteiger partial charge in [-0.2, -0.15) is 0 Å². The van der Waals surface area contributed by atoms with E-state index < -0.39 is 0 Å². The highest BCUT2D eigenvalue weighted by atomic mass is 16.5. The van der Waals surface area contributed by atoms with E-state index in [1.54, 1.807) is 14.2 Å². The third-order valence-electron chi connectivity index (χ3n) is 2.30. The van der Waals surface area contributed by atoms with E-state index in [1.165, 1.54) is 0 Å². The maximum Gasteiger partial charge on any atom is 0.122 e. The average Bonchev–Trinajstić information content (AvgIpc) is 2.27. The molecule has 0 aliphatic heterocycles. The van der Waals surface area contributed by atoms with E-state index in [1.807, 2.05) is 18.2 Å². The Morgan fingerprint density at radius 2 is 1.64 bits per heavy atom. The van der Waals surface area contributed by atoms with Crippen molar-refractivity contribution in [3.05, 3.63) is 23.8 Å². The molecule has 1 atom stereocenters. The molecule has 0 saturated heterocycles. The number of rotatable bonds is 4. The standard InChI is InChI=1S/C11H17NO2/c1-8(7-12)9-4-10(13-2)6-11(5-9)14-3/h4-6,8H,7,12H2,1-3H3. The molecule has 14 heavy (non-hydrogen) atoms. The van der Waals surface area contributed by atoms with Crippen molar-refractivity contribution in [2.24, 2.45) is 5.73 Å². The first-order valence-corrected chi connectivity index (χ1v) is 4.64. The van der Waals surface area contributed by atoms with Gasteiger partial charge in [-0.3, -0.25) is 0 Å². The number of hydrogen-bond donors (Lipinski definition) is 1. The zero-order valence-corrected chi connectivity index (χ0v) is 8.91. The quantitative estimate of drug-likeness (QED) is 0.796. The van der Waals surface area contributed by atoms with Crippen molar-refractivity contribution in [3.63, 3.8) is 0 Å². The molecule has 3 nitrogen and oxygen atoms in total. The first-order valence-electron chi connectivity index (χ1n) is 4.64. The van der Waals surface area contributed by atoms with Crippen molar-refractivity contribution in [1.29, 1.82) is 0 Å². The molecule has 1 rings (SSSR count). The zero-order valence-electron chi connectivity index (χ0n) is 8.91. The Balaban J connectivity index is 3.04. The molecule has 1 unspecified atom stereocenters. The largest absolute Gasteiger partial charge is 0.497 e. The number of benzene rings is 1. The maximum absolute atomic E-state index is 5.61. The third-order valence-corrected chi connectivity index (χ3v) is 2.30. The van der Waals surface area contributed by atoms with Crippen molar-refractivity contribution in [1.82, 2.24) is 0 Å². The molecule has 0 spiro atoms. The smallest absolute Gasteiger partial charge is 0.122 e. The highest BCUT2D eigenvalue weighted by Crippen LogP contribution is 2.26. The molecule has 3 heteroatoms. The van der Waals surface area contributed by atoms with Crippen molar-refractivity contribution in [2.75, 3.05) is 20.8 Å². The predicted molar refractivity (Wildman–Crippen MR) is 57.0 cm³/mol. The highest BCUT2D eigenvalue weighted by molar-refractivity contribution is 5.39. The van der Waals surface area contributed by atoms with Crippen molar-refractivity contribution in [2.45, 2.75) is 12.8 Å². The lowest BCUT2D eigenvalue weighted by Gasteiger charge is -2.12. The van der Waals surface area contributed by atoms with Crippen LogP contribution < -0.4 is 15.2 Å². The molecular weight excluding hydrogens is 178 g/mol. The second-order valence-corrected chi connectivity index (χ2v) is 3.28. The fraction of sp³-hybridized carbons (Fsp3) is 0.455. The predicted octanol–water partition coefficient (Wildman–Crippen LogP) is 1.77. The highest BCUT2D eigenvalue weighted by Gasteiger charge is 2.07. The minimum atomic E-state index is 0.319. The van der Waals surface area contributed by atoms with E-state index in [9.17, 15) is 0 Å². The van der Waals surface area contributed by atoms with E-state index in [4.69, 9.17) is 15.2 Å². The van der Waals surface area contributed by atoms with Crippen LogP contribution in [0.4, 0.5) is 0 Å². The summed E-state index contributed by atoms with van der Waals surface area (Å²) in [5, 5.41) is 0. The zero-order chi connectivity index (χ0) is 10.6. The Labute approximate surface area is 84.8 Å². The summed E-state index contributed by atoms with van der Waals surface area (Å²) in [5.41, 5.74) is 6.75. The van der Waals surface area contributed by atoms with Gasteiger partial charge in [0.2, 0.25) is 0 Å². The Hall–Kier alpha value is -1.22. The molecule has 0 amide bonds. The molecule has 0 radical (unpaired) electrons. The number of nitrogens with two attached hydrogens (primary N) is 1. The number of hydrogen-bond acceptors (Lipinski definition) is 3. The van der Waals surface area contributed by atoms with Crippen molar-refractivity contribution in [3.8, 4) is 11.5 Å². The fourth-order valence-electron chi connectivity index (χ4n) is 1.25. The Morgan fingerprint density at radius 3 is 2.00 bits per heavy atom. The molecule has 0 aliphatic carbocycles. The SMILES string of the molecule is COc1cc(OC)cc(C(C)CN)c1. The average molecular weight is 195 g/mol. The third kappa shape index (κ3) is 2.39. The number of methoxy groups -OCH3 is 2. The molecular formula is C11H17NO2. The summed E-state index contributed by atoms with van der Waals surface area (Å²) in [6.45, 7) is 2.70. The van der Waals surface area contributed by atoms with Gasteiger partial charge in [0.05, 0.1) is 14.2 Å². The van der Waals surface area contributed by atoms with Crippen molar-refractivity contribution >= 4 is 0 Å². The van der Waals surface area contributed by atoms with Crippen LogP contribution in [-0.4, -0.2) is 20.8 Å². The summed E-state index contributed by atoms with van der Waals surface area (Å²) in [4.78, 5) is 0. The topological polar surface area (TPSA) is 44.5 Å². The van der Waals surface area contributed by atoms with Crippen LogP contribution in [0.5, 0.6) is 11.5 Å². The van der Waals surface area contributed by atoms with Gasteiger partial charge < -0.3 is 15.2 Å². The lowest BCUT2D eigenvalue weighted by atomic mass is 10.0. The Bertz CT molecular complexity index is 277. The van der Waals surface area contributed by atoms with Gasteiger partial charge in [-0.1, -0.05) is 6.92 Å². The van der Waals surface area contributed by atoms with Crippen LogP contribution in [0, 0.1) is 0 Å². The Morgan fingerprint density at radius 1 is 1.14 bits per heavy atom. The lowest BCUT2D eigenvalue weighted by molar-refractivity contribution is 0.393. The summed E-state index contributed by atoms with van der Waals surface area (Å²) in [7, 11) is 3.29. The van der Waals surface area contributed by atoms with E-state index in [0.29, 0.717) is 12.5 Å². The van der Waals surface area contributed by atoms with E-state index in [0.717, 1.165) is 17.1 Å². The van der Waals surface area contributed by atoms with Gasteiger partial charge in [-0.25, -0.2) is 0 Å². The van der Waals surface area contributed by atoms with E-state index in [2.05, 4.69) is 6.92 Å². The van der Waals surface area contributed by atoms with E-state index >= 15 is 0 Å². The molecule has 1 aromatic carbocycles. The van der Waals surface area contributed by atoms with Crippen LogP contribution >= 0.6 is 0 Å². The molecule has 0 heterocycles. The number of ether oxygens (including phenoxy) is 2. The summed E-state index contributed by atoms with van der Waals surface area (Å²) in [6.07, 6.45) is 0. The maximum atomic E-state index is 5.61. The molecule has 1 aromatic rings. The van der Waals surface area contributed by atoms with Crippen LogP contribution in [-0.2, 0) is 0 Å². The van der Waals surface area contributed by atoms with Crippen LogP contribution in [0.3, 0.4) is 0 Å². The summed E-state index contributed by atoms with van der Waals surface area (Å²) in [6, 6.07) is 5.83. The van der Waals surface area contributed by atoms with Crippen molar-refractivity contribution < 1.29 is 9.47 Å². The van der Waals surface area contributed by atoms with Gasteiger partial charge in [-0.15, -0.1) is 0 Å². The molecule has 2 N–H and O–H groups in total. The molecule has 0 saturated carbocycles. The fourth-order valence-corrected chi connectivity index (χ4v) is 1.25. The van der Waals surface area contributed by atoms with Crippen LogP contribution in [0.25, 0.3) is 0 Å². The van der Waals surface area contributed by atoms with Gasteiger partial charge in [0, 0.05) is 6.07 Å². The van der Waals surface area contributed by atoms with Gasteiger partial charge in [0.15, 0.2) is 0 Å². The van der Waals surface area contributed by atoms with Crippen LogP contribution in [0.2, 0.25) is 0 Å². The normalized spacial score (nSPS) is 12.3. The summed E-state index contributed by atoms with van der Waals surface area (Å²) >= 11 is 0. The summed E-state index contributed by atoms with van der Waals surface area (Å²) in [5.74, 6) is 1.93.